The summed E-state index contributed by atoms with van der Waals surface area (Å²) in [4.78, 5) is 25.7. The highest BCUT2D eigenvalue weighted by atomic mass is 16.5. The van der Waals surface area contributed by atoms with Gasteiger partial charge in [-0.3, -0.25) is 9.59 Å². The Hall–Kier alpha value is -2.04. The number of nitrogens with one attached hydrogen (secondary N) is 2. The van der Waals surface area contributed by atoms with E-state index in [2.05, 4.69) is 31.4 Å². The molecule has 0 aromatic heterocycles. The van der Waals surface area contributed by atoms with E-state index in [-0.39, 0.29) is 11.8 Å². The van der Waals surface area contributed by atoms with Gasteiger partial charge < -0.3 is 15.4 Å². The van der Waals surface area contributed by atoms with E-state index in [1.807, 2.05) is 0 Å². The van der Waals surface area contributed by atoms with Gasteiger partial charge in [-0.2, -0.15) is 0 Å². The largest absolute Gasteiger partial charge is 0.493 e. The Kier molecular flexibility index (Phi) is 25.1. The van der Waals surface area contributed by atoms with Crippen LogP contribution in [-0.2, 0) is 0 Å². The second-order valence-corrected chi connectivity index (χ2v) is 12.1. The van der Waals surface area contributed by atoms with Crippen LogP contribution in [0.2, 0.25) is 0 Å². The van der Waals surface area contributed by atoms with Crippen LogP contribution in [0, 0.1) is 0 Å². The van der Waals surface area contributed by atoms with Crippen LogP contribution in [0.4, 0.5) is 0 Å². The third-order valence-electron chi connectivity index (χ3n) is 8.13. The normalized spacial score (nSPS) is 11.0. The third-order valence-corrected chi connectivity index (χ3v) is 8.13. The Labute approximate surface area is 259 Å². The van der Waals surface area contributed by atoms with Gasteiger partial charge in [-0.1, -0.05) is 149 Å². The standard InChI is InChI=1S/C37H66N2O3/c1-4-7-10-13-14-15-16-17-18-19-20-21-22-23-26-31-42-35-32-33(36(40)38-29-24-11-8-5-2)27-28-34(35)37(41)39-30-25-12-9-6-3/h27-28,32H,4-26,29-31H2,1-3H3,(H,38,40)(H,39,41). The summed E-state index contributed by atoms with van der Waals surface area (Å²) in [6, 6.07) is 5.24. The van der Waals surface area contributed by atoms with Crippen LogP contribution >= 0.6 is 0 Å². The Morgan fingerprint density at radius 1 is 0.524 bits per heavy atom. The van der Waals surface area contributed by atoms with E-state index in [1.165, 1.54) is 109 Å². The fourth-order valence-corrected chi connectivity index (χ4v) is 5.33. The molecule has 0 aliphatic rings. The van der Waals surface area contributed by atoms with Gasteiger partial charge in [0.1, 0.15) is 5.75 Å². The highest BCUT2D eigenvalue weighted by Crippen LogP contribution is 2.22. The number of rotatable bonds is 29. The van der Waals surface area contributed by atoms with Gasteiger partial charge in [0.15, 0.2) is 0 Å². The first-order valence-corrected chi connectivity index (χ1v) is 18.0. The Morgan fingerprint density at radius 2 is 0.929 bits per heavy atom. The molecule has 0 radical (unpaired) electrons. The first-order chi connectivity index (χ1) is 20.6. The monoisotopic (exact) mass is 587 g/mol. The maximum atomic E-state index is 12.9. The molecule has 42 heavy (non-hydrogen) atoms. The number of amides is 2. The molecule has 0 unspecified atom stereocenters. The average Bonchev–Trinajstić information content (AvgIpc) is 3.00. The lowest BCUT2D eigenvalue weighted by atomic mass is 10.0. The molecular formula is C37H66N2O3. The minimum Gasteiger partial charge on any atom is -0.493 e. The molecule has 0 saturated carbocycles. The van der Waals surface area contributed by atoms with Gasteiger partial charge in [-0.25, -0.2) is 0 Å². The van der Waals surface area contributed by atoms with E-state index in [4.69, 9.17) is 4.74 Å². The van der Waals surface area contributed by atoms with E-state index < -0.39 is 0 Å². The Morgan fingerprint density at radius 3 is 1.40 bits per heavy atom. The van der Waals surface area contributed by atoms with Crippen LogP contribution in [0.25, 0.3) is 0 Å². The fraction of sp³-hybridized carbons (Fsp3) is 0.784. The summed E-state index contributed by atoms with van der Waals surface area (Å²) in [5, 5.41) is 6.05. The minimum absolute atomic E-state index is 0.102. The summed E-state index contributed by atoms with van der Waals surface area (Å²) >= 11 is 0. The van der Waals surface area contributed by atoms with Crippen molar-refractivity contribution in [1.82, 2.24) is 10.6 Å². The van der Waals surface area contributed by atoms with Gasteiger partial charge in [0, 0.05) is 18.7 Å². The van der Waals surface area contributed by atoms with Crippen molar-refractivity contribution in [2.45, 2.75) is 168 Å². The van der Waals surface area contributed by atoms with Crippen LogP contribution in [0.3, 0.4) is 0 Å². The van der Waals surface area contributed by atoms with Crippen LogP contribution in [-0.4, -0.2) is 31.5 Å². The number of unbranched alkanes of at least 4 members (excludes halogenated alkanes) is 20. The van der Waals surface area contributed by atoms with Gasteiger partial charge in [-0.05, 0) is 37.5 Å². The summed E-state index contributed by atoms with van der Waals surface area (Å²) in [6.07, 6.45) is 28.8. The van der Waals surface area contributed by atoms with Crippen molar-refractivity contribution in [3.05, 3.63) is 29.3 Å². The summed E-state index contributed by atoms with van der Waals surface area (Å²) in [5.41, 5.74) is 1.07. The molecule has 0 saturated heterocycles. The first-order valence-electron chi connectivity index (χ1n) is 18.0. The van der Waals surface area contributed by atoms with Gasteiger partial charge >= 0.3 is 0 Å². The second-order valence-electron chi connectivity index (χ2n) is 12.1. The number of carbonyl (C=O) groups is 2. The van der Waals surface area contributed by atoms with Crippen molar-refractivity contribution in [1.29, 1.82) is 0 Å². The second kappa shape index (κ2) is 27.8. The molecule has 0 heterocycles. The minimum atomic E-state index is -0.121. The van der Waals surface area contributed by atoms with E-state index in [9.17, 15) is 9.59 Å². The first kappa shape index (κ1) is 38.0. The molecule has 0 spiro atoms. The van der Waals surface area contributed by atoms with Crippen molar-refractivity contribution >= 4 is 11.8 Å². The Balaban J connectivity index is 2.39. The van der Waals surface area contributed by atoms with Gasteiger partial charge in [-0.15, -0.1) is 0 Å². The van der Waals surface area contributed by atoms with Crippen molar-refractivity contribution in [2.75, 3.05) is 19.7 Å². The molecule has 2 N–H and O–H groups in total. The zero-order valence-corrected chi connectivity index (χ0v) is 27.8. The van der Waals surface area contributed by atoms with Crippen molar-refractivity contribution in [3.8, 4) is 5.75 Å². The number of benzene rings is 1. The zero-order valence-electron chi connectivity index (χ0n) is 27.8. The molecule has 1 aromatic carbocycles. The highest BCUT2D eigenvalue weighted by Gasteiger charge is 2.16. The van der Waals surface area contributed by atoms with Gasteiger partial charge in [0.25, 0.3) is 11.8 Å². The predicted octanol–water partition coefficient (Wildman–Crippen LogP) is 10.6. The van der Waals surface area contributed by atoms with E-state index in [0.29, 0.717) is 36.6 Å². The summed E-state index contributed by atoms with van der Waals surface area (Å²) in [5.74, 6) is 0.296. The molecular weight excluding hydrogens is 520 g/mol. The quantitative estimate of drug-likeness (QED) is 0.0918. The van der Waals surface area contributed by atoms with Gasteiger partial charge in [0.05, 0.1) is 12.2 Å². The average molecular weight is 587 g/mol. The van der Waals surface area contributed by atoms with Crippen molar-refractivity contribution < 1.29 is 14.3 Å². The topological polar surface area (TPSA) is 67.4 Å². The molecule has 0 aliphatic carbocycles. The van der Waals surface area contributed by atoms with Crippen LogP contribution in [0.15, 0.2) is 18.2 Å². The lowest BCUT2D eigenvalue weighted by Gasteiger charge is -2.14. The smallest absolute Gasteiger partial charge is 0.255 e. The summed E-state index contributed by atoms with van der Waals surface area (Å²) < 4.78 is 6.12. The SMILES string of the molecule is CCCCCCCCCCCCCCCCCOc1cc(C(=O)NCCCCCC)ccc1C(=O)NCCCCCC. The Bertz CT molecular complexity index is 795. The van der Waals surface area contributed by atoms with Crippen LogP contribution in [0.1, 0.15) is 189 Å². The molecule has 1 aromatic rings. The number of hydrogen-bond acceptors (Lipinski definition) is 3. The van der Waals surface area contributed by atoms with E-state index in [1.54, 1.807) is 18.2 Å². The maximum Gasteiger partial charge on any atom is 0.255 e. The van der Waals surface area contributed by atoms with Crippen molar-refractivity contribution in [2.24, 2.45) is 0 Å². The van der Waals surface area contributed by atoms with Crippen molar-refractivity contribution in [3.63, 3.8) is 0 Å². The molecule has 242 valence electrons. The van der Waals surface area contributed by atoms with E-state index >= 15 is 0 Å². The zero-order chi connectivity index (χ0) is 30.5. The molecule has 0 aliphatic heterocycles. The number of hydrogen-bond donors (Lipinski definition) is 2. The molecule has 1 rings (SSSR count). The molecule has 0 fully saturated rings. The molecule has 5 heteroatoms. The van der Waals surface area contributed by atoms with Crippen LogP contribution < -0.4 is 15.4 Å². The summed E-state index contributed by atoms with van der Waals surface area (Å²) in [7, 11) is 0. The molecule has 5 nitrogen and oxygen atoms in total. The van der Waals surface area contributed by atoms with E-state index in [0.717, 1.165) is 38.5 Å². The highest BCUT2D eigenvalue weighted by molar-refractivity contribution is 6.00. The molecule has 0 bridgehead atoms. The predicted molar refractivity (Wildman–Crippen MR) is 180 cm³/mol. The number of carbonyl (C=O) groups excluding carboxylic acids is 2. The van der Waals surface area contributed by atoms with Gasteiger partial charge in [0.2, 0.25) is 0 Å². The van der Waals surface area contributed by atoms with Crippen LogP contribution in [0.5, 0.6) is 5.75 Å². The summed E-state index contributed by atoms with van der Waals surface area (Å²) in [6.45, 7) is 8.55. The molecule has 2 amide bonds. The fourth-order valence-electron chi connectivity index (χ4n) is 5.33. The molecule has 0 atom stereocenters. The lowest BCUT2D eigenvalue weighted by Crippen LogP contribution is -2.26. The third kappa shape index (κ3) is 20.0. The maximum absolute atomic E-state index is 12.9. The lowest BCUT2D eigenvalue weighted by molar-refractivity contribution is 0.0937. The number of ether oxygens (including phenoxy) is 1.